The molecule has 1 amide bonds. The molecule has 7 heteroatoms. The molecule has 0 aliphatic carbocycles. The highest BCUT2D eigenvalue weighted by Gasteiger charge is 2.28. The van der Waals surface area contributed by atoms with E-state index in [9.17, 15) is 18.0 Å². The Balaban J connectivity index is 2.95. The van der Waals surface area contributed by atoms with Crippen LogP contribution >= 0.6 is 0 Å². The first-order valence-corrected chi connectivity index (χ1v) is 5.14. The van der Waals surface area contributed by atoms with E-state index in [-0.39, 0.29) is 12.2 Å². The lowest BCUT2D eigenvalue weighted by Crippen LogP contribution is -2.29. The standard InChI is InChI=1S/C12H10F3N3O/c1-3-5-11(19)18(6-4-2)10-7-16-17(8-10)9-12(13,14)15/h2,7-8H,6,9H2,1H3. The second-order valence-corrected chi connectivity index (χ2v) is 3.48. The lowest BCUT2D eigenvalue weighted by Gasteiger charge is -2.14. The van der Waals surface area contributed by atoms with Crippen LogP contribution in [0.2, 0.25) is 0 Å². The zero-order chi connectivity index (χ0) is 14.5. The molecular weight excluding hydrogens is 259 g/mol. The number of amides is 1. The Hall–Kier alpha value is -2.41. The maximum Gasteiger partial charge on any atom is 0.408 e. The number of hydrogen-bond acceptors (Lipinski definition) is 2. The van der Waals surface area contributed by atoms with Crippen LogP contribution in [0.15, 0.2) is 12.4 Å². The van der Waals surface area contributed by atoms with E-state index in [2.05, 4.69) is 22.9 Å². The number of terminal acetylenes is 1. The number of carbonyl (C=O) groups is 1. The van der Waals surface area contributed by atoms with Crippen LogP contribution in [0.3, 0.4) is 0 Å². The first kappa shape index (κ1) is 14.7. The normalized spacial score (nSPS) is 10.3. The van der Waals surface area contributed by atoms with Crippen LogP contribution in [0.25, 0.3) is 0 Å². The van der Waals surface area contributed by atoms with E-state index in [1.807, 2.05) is 0 Å². The smallest absolute Gasteiger partial charge is 0.287 e. The SMILES string of the molecule is C#CCN(C(=O)C#CC)c1cnn(CC(F)(F)F)c1. The van der Waals surface area contributed by atoms with Gasteiger partial charge in [-0.1, -0.05) is 11.8 Å². The molecule has 0 spiro atoms. The third-order valence-electron chi connectivity index (χ3n) is 2.00. The molecule has 0 aliphatic heterocycles. The Labute approximate surface area is 108 Å². The molecule has 0 aromatic carbocycles. The molecule has 0 bridgehead atoms. The topological polar surface area (TPSA) is 38.1 Å². The quantitative estimate of drug-likeness (QED) is 0.779. The first-order chi connectivity index (χ1) is 8.87. The highest BCUT2D eigenvalue weighted by Crippen LogP contribution is 2.19. The molecular formula is C12H10F3N3O. The number of rotatable bonds is 3. The average Bonchev–Trinajstić information content (AvgIpc) is 2.71. The second-order valence-electron chi connectivity index (χ2n) is 3.48. The molecule has 0 radical (unpaired) electrons. The minimum atomic E-state index is -4.38. The van der Waals surface area contributed by atoms with Gasteiger partial charge in [0.15, 0.2) is 0 Å². The fourth-order valence-electron chi connectivity index (χ4n) is 1.31. The predicted molar refractivity (Wildman–Crippen MR) is 62.9 cm³/mol. The number of hydrogen-bond donors (Lipinski definition) is 0. The van der Waals surface area contributed by atoms with Crippen molar-refractivity contribution in [1.29, 1.82) is 0 Å². The van der Waals surface area contributed by atoms with E-state index in [0.29, 0.717) is 4.68 Å². The van der Waals surface area contributed by atoms with Crippen molar-refractivity contribution < 1.29 is 18.0 Å². The van der Waals surface area contributed by atoms with Gasteiger partial charge in [0.1, 0.15) is 6.54 Å². The number of anilines is 1. The van der Waals surface area contributed by atoms with E-state index in [0.717, 1.165) is 17.3 Å². The Morgan fingerprint density at radius 2 is 2.26 bits per heavy atom. The average molecular weight is 269 g/mol. The van der Waals surface area contributed by atoms with Crippen LogP contribution in [0, 0.1) is 24.2 Å². The van der Waals surface area contributed by atoms with Gasteiger partial charge in [0.25, 0.3) is 0 Å². The van der Waals surface area contributed by atoms with Gasteiger partial charge >= 0.3 is 12.1 Å². The summed E-state index contributed by atoms with van der Waals surface area (Å²) in [5.41, 5.74) is 0.176. The highest BCUT2D eigenvalue weighted by molar-refractivity contribution is 6.05. The van der Waals surface area contributed by atoms with Crippen molar-refractivity contribution in [2.45, 2.75) is 19.6 Å². The van der Waals surface area contributed by atoms with Gasteiger partial charge in [-0.3, -0.25) is 14.4 Å². The molecule has 100 valence electrons. The summed E-state index contributed by atoms with van der Waals surface area (Å²) < 4.78 is 37.2. The van der Waals surface area contributed by atoms with E-state index in [1.54, 1.807) is 0 Å². The van der Waals surface area contributed by atoms with Crippen molar-refractivity contribution >= 4 is 11.6 Å². The highest BCUT2D eigenvalue weighted by atomic mass is 19.4. The van der Waals surface area contributed by atoms with Gasteiger partial charge in [0.05, 0.1) is 18.4 Å². The van der Waals surface area contributed by atoms with Gasteiger partial charge in [-0.05, 0) is 12.8 Å². The molecule has 0 aliphatic rings. The lowest BCUT2D eigenvalue weighted by atomic mass is 10.4. The molecule has 19 heavy (non-hydrogen) atoms. The van der Waals surface area contributed by atoms with E-state index in [4.69, 9.17) is 6.42 Å². The van der Waals surface area contributed by atoms with Gasteiger partial charge in [-0.15, -0.1) is 6.42 Å². The molecule has 0 saturated heterocycles. The minimum Gasteiger partial charge on any atom is -0.287 e. The Bertz CT molecular complexity index is 557. The van der Waals surface area contributed by atoms with Crippen molar-refractivity contribution in [3.8, 4) is 24.2 Å². The summed E-state index contributed by atoms with van der Waals surface area (Å²) in [5.74, 6) is 6.32. The van der Waals surface area contributed by atoms with Crippen molar-refractivity contribution in [3.63, 3.8) is 0 Å². The maximum absolute atomic E-state index is 12.2. The number of aromatic nitrogens is 2. The van der Waals surface area contributed by atoms with Gasteiger partial charge in [0.2, 0.25) is 0 Å². The Morgan fingerprint density at radius 3 is 2.79 bits per heavy atom. The summed E-state index contributed by atoms with van der Waals surface area (Å²) in [5, 5.41) is 3.53. The van der Waals surface area contributed by atoms with Crippen LogP contribution < -0.4 is 4.90 Å². The molecule has 4 nitrogen and oxygen atoms in total. The number of carbonyl (C=O) groups excluding carboxylic acids is 1. The van der Waals surface area contributed by atoms with Crippen LogP contribution in [0.4, 0.5) is 18.9 Å². The summed E-state index contributed by atoms with van der Waals surface area (Å²) in [7, 11) is 0. The molecule has 0 atom stereocenters. The van der Waals surface area contributed by atoms with E-state index < -0.39 is 18.6 Å². The Morgan fingerprint density at radius 1 is 1.58 bits per heavy atom. The zero-order valence-corrected chi connectivity index (χ0v) is 10.0. The van der Waals surface area contributed by atoms with E-state index in [1.165, 1.54) is 6.92 Å². The Kier molecular flexibility index (Phi) is 4.60. The number of alkyl halides is 3. The van der Waals surface area contributed by atoms with Crippen LogP contribution in [0.5, 0.6) is 0 Å². The monoisotopic (exact) mass is 269 g/mol. The summed E-state index contributed by atoms with van der Waals surface area (Å²) >= 11 is 0. The van der Waals surface area contributed by atoms with Crippen molar-refractivity contribution in [3.05, 3.63) is 12.4 Å². The molecule has 1 rings (SSSR count). The van der Waals surface area contributed by atoms with E-state index >= 15 is 0 Å². The van der Waals surface area contributed by atoms with Gasteiger partial charge in [-0.2, -0.15) is 18.3 Å². The second kappa shape index (κ2) is 5.96. The predicted octanol–water partition coefficient (Wildman–Crippen LogP) is 1.43. The van der Waals surface area contributed by atoms with Crippen LogP contribution in [-0.2, 0) is 11.3 Å². The lowest BCUT2D eigenvalue weighted by molar-refractivity contribution is -0.142. The minimum absolute atomic E-state index is 0.0920. The first-order valence-electron chi connectivity index (χ1n) is 5.14. The summed E-state index contributed by atoms with van der Waals surface area (Å²) in [6.45, 7) is 0.148. The summed E-state index contributed by atoms with van der Waals surface area (Å²) in [4.78, 5) is 12.7. The van der Waals surface area contributed by atoms with Crippen molar-refractivity contribution in [2.24, 2.45) is 0 Å². The fourth-order valence-corrected chi connectivity index (χ4v) is 1.31. The number of nitrogens with zero attached hydrogens (tertiary/aromatic N) is 3. The zero-order valence-electron chi connectivity index (χ0n) is 10.0. The molecule has 1 heterocycles. The summed E-state index contributed by atoms with van der Waals surface area (Å²) in [6, 6.07) is 0. The van der Waals surface area contributed by atoms with Gasteiger partial charge in [-0.25, -0.2) is 0 Å². The van der Waals surface area contributed by atoms with Crippen LogP contribution in [0.1, 0.15) is 6.92 Å². The van der Waals surface area contributed by atoms with Crippen molar-refractivity contribution in [2.75, 3.05) is 11.4 Å². The largest absolute Gasteiger partial charge is 0.408 e. The molecule has 0 saturated carbocycles. The van der Waals surface area contributed by atoms with Crippen LogP contribution in [-0.4, -0.2) is 28.4 Å². The number of halogens is 3. The molecule has 0 N–H and O–H groups in total. The van der Waals surface area contributed by atoms with Crippen molar-refractivity contribution in [1.82, 2.24) is 9.78 Å². The molecule has 0 unspecified atom stereocenters. The third-order valence-corrected chi connectivity index (χ3v) is 2.00. The third kappa shape index (κ3) is 4.40. The molecule has 1 aromatic rings. The maximum atomic E-state index is 12.2. The van der Waals surface area contributed by atoms with Gasteiger partial charge in [0, 0.05) is 6.20 Å². The molecule has 0 fully saturated rings. The molecule has 1 aromatic heterocycles. The summed E-state index contributed by atoms with van der Waals surface area (Å²) in [6.07, 6.45) is 2.96. The van der Waals surface area contributed by atoms with Gasteiger partial charge < -0.3 is 0 Å². The fraction of sp³-hybridized carbons (Fsp3) is 0.333.